The Morgan fingerprint density at radius 3 is 2.84 bits per heavy atom. The van der Waals surface area contributed by atoms with Gasteiger partial charge < -0.3 is 4.84 Å². The highest BCUT2D eigenvalue weighted by molar-refractivity contribution is 9.10. The van der Waals surface area contributed by atoms with Crippen molar-refractivity contribution in [1.29, 1.82) is 0 Å². The fraction of sp³-hybridized carbons (Fsp3) is 0.571. The quantitative estimate of drug-likeness (QED) is 0.858. The predicted octanol–water partition coefficient (Wildman–Crippen LogP) is 2.82. The Morgan fingerprint density at radius 1 is 1.26 bits per heavy atom. The zero-order valence-electron chi connectivity index (χ0n) is 10.9. The topological polar surface area (TPSA) is 37.7 Å². The first-order valence-corrected chi connectivity index (χ1v) is 7.67. The maximum atomic E-state index is 5.55. The molecular weight excluding hydrogens is 306 g/mol. The zero-order valence-corrected chi connectivity index (χ0v) is 12.5. The summed E-state index contributed by atoms with van der Waals surface area (Å²) in [5.41, 5.74) is 1.89. The van der Waals surface area contributed by atoms with Gasteiger partial charge in [0.15, 0.2) is 0 Å². The smallest absolute Gasteiger partial charge is 0.145 e. The molecule has 1 saturated heterocycles. The molecular formula is C14H18BrN3O. The van der Waals surface area contributed by atoms with Gasteiger partial charge in [-0.3, -0.25) is 9.88 Å². The first-order chi connectivity index (χ1) is 9.31. The van der Waals surface area contributed by atoms with Crippen LogP contribution in [0.5, 0.6) is 0 Å². The number of likely N-dealkylation sites (tertiary alicyclic amines) is 1. The lowest BCUT2D eigenvalue weighted by atomic mass is 10.1. The maximum absolute atomic E-state index is 5.55. The molecule has 19 heavy (non-hydrogen) atoms. The van der Waals surface area contributed by atoms with E-state index in [2.05, 4.69) is 31.0 Å². The average molecular weight is 324 g/mol. The molecule has 0 N–H and O–H groups in total. The summed E-state index contributed by atoms with van der Waals surface area (Å²) in [7, 11) is 0. The third-order valence-electron chi connectivity index (χ3n) is 3.67. The van der Waals surface area contributed by atoms with Gasteiger partial charge in [0.05, 0.1) is 5.69 Å². The summed E-state index contributed by atoms with van der Waals surface area (Å²) in [6, 6.07) is 3.97. The summed E-state index contributed by atoms with van der Waals surface area (Å²) in [6.07, 6.45) is 6.86. The second-order valence-corrected chi connectivity index (χ2v) is 6.11. The van der Waals surface area contributed by atoms with Crippen molar-refractivity contribution in [2.24, 2.45) is 5.16 Å². The number of hydrogen-bond acceptors (Lipinski definition) is 4. The highest BCUT2D eigenvalue weighted by atomic mass is 79.9. The van der Waals surface area contributed by atoms with Crippen LogP contribution in [0.1, 0.15) is 31.4 Å². The van der Waals surface area contributed by atoms with Crippen molar-refractivity contribution in [3.8, 4) is 0 Å². The van der Waals surface area contributed by atoms with Crippen LogP contribution < -0.4 is 0 Å². The summed E-state index contributed by atoms with van der Waals surface area (Å²) in [6.45, 7) is 3.39. The number of nitrogens with zero attached hydrogens (tertiary/aromatic N) is 3. The number of rotatable bonds is 3. The molecule has 1 aromatic heterocycles. The number of piperidine rings is 1. The lowest BCUT2D eigenvalue weighted by Gasteiger charge is -2.27. The van der Waals surface area contributed by atoms with Gasteiger partial charge in [0, 0.05) is 23.6 Å². The lowest BCUT2D eigenvalue weighted by Crippen LogP contribution is -2.36. The van der Waals surface area contributed by atoms with Crippen LogP contribution in [0.25, 0.3) is 0 Å². The van der Waals surface area contributed by atoms with Gasteiger partial charge in [0.1, 0.15) is 11.8 Å². The number of pyridine rings is 1. The first kappa shape index (κ1) is 13.1. The van der Waals surface area contributed by atoms with Crippen molar-refractivity contribution in [2.75, 3.05) is 19.6 Å². The van der Waals surface area contributed by atoms with Crippen molar-refractivity contribution in [1.82, 2.24) is 9.88 Å². The van der Waals surface area contributed by atoms with Crippen LogP contribution in [0.3, 0.4) is 0 Å². The molecule has 0 unspecified atom stereocenters. The molecule has 5 heteroatoms. The molecule has 102 valence electrons. The van der Waals surface area contributed by atoms with E-state index in [1.54, 1.807) is 6.20 Å². The van der Waals surface area contributed by atoms with Gasteiger partial charge in [-0.25, -0.2) is 0 Å². The number of halogens is 1. The Morgan fingerprint density at radius 2 is 2.11 bits per heavy atom. The van der Waals surface area contributed by atoms with Crippen molar-refractivity contribution < 1.29 is 4.84 Å². The molecule has 0 spiro atoms. The van der Waals surface area contributed by atoms with Crippen molar-refractivity contribution in [3.05, 3.63) is 28.5 Å². The largest absolute Gasteiger partial charge is 0.390 e. The van der Waals surface area contributed by atoms with Gasteiger partial charge in [-0.05, 0) is 54.0 Å². The SMILES string of the molecule is Brc1ccc(C2=NO[C@H](CN3CCCCC3)C2)nc1. The third kappa shape index (κ3) is 3.34. The molecule has 0 aromatic carbocycles. The van der Waals surface area contributed by atoms with E-state index in [1.807, 2.05) is 12.1 Å². The summed E-state index contributed by atoms with van der Waals surface area (Å²) >= 11 is 3.39. The van der Waals surface area contributed by atoms with Crippen LogP contribution in [0.15, 0.2) is 28.0 Å². The second kappa shape index (κ2) is 6.01. The van der Waals surface area contributed by atoms with Crippen molar-refractivity contribution in [2.45, 2.75) is 31.8 Å². The van der Waals surface area contributed by atoms with E-state index in [-0.39, 0.29) is 6.10 Å². The minimum absolute atomic E-state index is 0.193. The van der Waals surface area contributed by atoms with Gasteiger partial charge in [0.25, 0.3) is 0 Å². The van der Waals surface area contributed by atoms with Gasteiger partial charge >= 0.3 is 0 Å². The highest BCUT2D eigenvalue weighted by Crippen LogP contribution is 2.19. The molecule has 0 saturated carbocycles. The van der Waals surface area contributed by atoms with Crippen LogP contribution in [0.4, 0.5) is 0 Å². The van der Waals surface area contributed by atoms with Gasteiger partial charge in [-0.2, -0.15) is 0 Å². The number of oxime groups is 1. The Labute approximate surface area is 122 Å². The van der Waals surface area contributed by atoms with Gasteiger partial charge in [-0.1, -0.05) is 11.6 Å². The summed E-state index contributed by atoms with van der Waals surface area (Å²) in [5, 5.41) is 4.19. The number of aromatic nitrogens is 1. The fourth-order valence-electron chi connectivity index (χ4n) is 2.65. The second-order valence-electron chi connectivity index (χ2n) is 5.19. The minimum atomic E-state index is 0.193. The van der Waals surface area contributed by atoms with Gasteiger partial charge in [0.2, 0.25) is 0 Å². The van der Waals surface area contributed by atoms with Crippen molar-refractivity contribution in [3.63, 3.8) is 0 Å². The lowest BCUT2D eigenvalue weighted by molar-refractivity contribution is 0.0473. The minimum Gasteiger partial charge on any atom is -0.390 e. The van der Waals surface area contributed by atoms with E-state index in [9.17, 15) is 0 Å². The Hall–Kier alpha value is -0.940. The van der Waals surface area contributed by atoms with Gasteiger partial charge in [-0.15, -0.1) is 0 Å². The fourth-order valence-corrected chi connectivity index (χ4v) is 2.89. The van der Waals surface area contributed by atoms with Crippen LogP contribution >= 0.6 is 15.9 Å². The molecule has 2 aliphatic rings. The molecule has 0 amide bonds. The van der Waals surface area contributed by atoms with Crippen LogP contribution in [0, 0.1) is 0 Å². The monoisotopic (exact) mass is 323 g/mol. The zero-order chi connectivity index (χ0) is 13.1. The van der Waals surface area contributed by atoms with Crippen LogP contribution in [0.2, 0.25) is 0 Å². The Balaban J connectivity index is 1.55. The van der Waals surface area contributed by atoms with E-state index >= 15 is 0 Å². The molecule has 1 fully saturated rings. The molecule has 0 radical (unpaired) electrons. The summed E-state index contributed by atoms with van der Waals surface area (Å²) in [5.74, 6) is 0. The highest BCUT2D eigenvalue weighted by Gasteiger charge is 2.25. The predicted molar refractivity (Wildman–Crippen MR) is 78.3 cm³/mol. The third-order valence-corrected chi connectivity index (χ3v) is 4.14. The summed E-state index contributed by atoms with van der Waals surface area (Å²) in [4.78, 5) is 12.4. The standard InChI is InChI=1S/C14H18BrN3O/c15-11-4-5-13(16-9-11)14-8-12(19-17-14)10-18-6-2-1-3-7-18/h4-5,9,12H,1-3,6-8,10H2/t12-/m0/s1. The molecule has 4 nitrogen and oxygen atoms in total. The van der Waals surface area contributed by atoms with E-state index in [0.29, 0.717) is 0 Å². The molecule has 2 aliphatic heterocycles. The molecule has 1 atom stereocenters. The molecule has 0 bridgehead atoms. The molecule has 0 aliphatic carbocycles. The molecule has 1 aromatic rings. The summed E-state index contributed by atoms with van der Waals surface area (Å²) < 4.78 is 0.987. The van der Waals surface area contributed by atoms with Crippen molar-refractivity contribution >= 4 is 21.6 Å². The maximum Gasteiger partial charge on any atom is 0.145 e. The molecule has 3 heterocycles. The Kier molecular flexibility index (Phi) is 4.13. The van der Waals surface area contributed by atoms with E-state index < -0.39 is 0 Å². The number of hydrogen-bond donors (Lipinski definition) is 0. The normalized spacial score (nSPS) is 24.1. The average Bonchev–Trinajstić information content (AvgIpc) is 2.89. The van der Waals surface area contributed by atoms with E-state index in [0.717, 1.165) is 28.8 Å². The van der Waals surface area contributed by atoms with Crippen LogP contribution in [-0.4, -0.2) is 41.3 Å². The Bertz CT molecular complexity index is 454. The van der Waals surface area contributed by atoms with E-state index in [4.69, 9.17) is 4.84 Å². The first-order valence-electron chi connectivity index (χ1n) is 6.88. The molecule has 3 rings (SSSR count). The van der Waals surface area contributed by atoms with Crippen LogP contribution in [-0.2, 0) is 4.84 Å². The van der Waals surface area contributed by atoms with E-state index in [1.165, 1.54) is 32.4 Å².